The van der Waals surface area contributed by atoms with E-state index in [0.29, 0.717) is 23.9 Å². The van der Waals surface area contributed by atoms with E-state index in [1.807, 2.05) is 51.5 Å². The summed E-state index contributed by atoms with van der Waals surface area (Å²) in [5, 5.41) is 0. The summed E-state index contributed by atoms with van der Waals surface area (Å²) in [7, 11) is 1.14. The molecular weight excluding hydrogens is 665 g/mol. The SMILES string of the molecule is CC/C=C/C=C/C=C/C=C/CCCCCCCC(=O)OC[C@H](COP(=O)([O-])OCC[N+](C)(C)C)OC(=O)CCCCCCCCCCCCCC. The van der Waals surface area contributed by atoms with Gasteiger partial charge in [-0.3, -0.25) is 14.2 Å². The fourth-order valence-electron chi connectivity index (χ4n) is 5.08. The first-order valence-corrected chi connectivity index (χ1v) is 21.4. The fourth-order valence-corrected chi connectivity index (χ4v) is 5.80. The van der Waals surface area contributed by atoms with Crippen LogP contribution in [0.15, 0.2) is 48.6 Å². The second kappa shape index (κ2) is 33.8. The van der Waals surface area contributed by atoms with Gasteiger partial charge in [-0.05, 0) is 32.1 Å². The molecule has 0 aliphatic heterocycles. The average Bonchev–Trinajstić information content (AvgIpc) is 3.07. The number of carbonyl (C=O) groups is 2. The van der Waals surface area contributed by atoms with E-state index in [1.165, 1.54) is 51.4 Å². The van der Waals surface area contributed by atoms with E-state index in [9.17, 15) is 19.0 Å². The number of phosphoric ester groups is 1. The molecule has 51 heavy (non-hydrogen) atoms. The maximum Gasteiger partial charge on any atom is 0.306 e. The normalized spacial score (nSPS) is 14.2. The minimum atomic E-state index is -4.62. The molecule has 10 heteroatoms. The predicted molar refractivity (Wildman–Crippen MR) is 208 cm³/mol. The molecule has 0 saturated carbocycles. The van der Waals surface area contributed by atoms with E-state index < -0.39 is 32.5 Å². The summed E-state index contributed by atoms with van der Waals surface area (Å²) in [4.78, 5) is 37.4. The third kappa shape index (κ3) is 37.5. The van der Waals surface area contributed by atoms with Crippen LogP contribution in [0.2, 0.25) is 0 Å². The number of quaternary nitrogens is 1. The van der Waals surface area contributed by atoms with Crippen LogP contribution in [0.25, 0.3) is 0 Å². The van der Waals surface area contributed by atoms with Crippen molar-refractivity contribution in [3.8, 4) is 0 Å². The number of ether oxygens (including phenoxy) is 2. The summed E-state index contributed by atoms with van der Waals surface area (Å²) in [6.45, 7) is 4.04. The molecule has 0 aromatic carbocycles. The summed E-state index contributed by atoms with van der Waals surface area (Å²) >= 11 is 0. The lowest BCUT2D eigenvalue weighted by Gasteiger charge is -2.28. The molecule has 0 fully saturated rings. The number of allylic oxidation sites excluding steroid dienone is 8. The van der Waals surface area contributed by atoms with Gasteiger partial charge in [0, 0.05) is 12.8 Å². The Bertz CT molecular complexity index is 1020. The van der Waals surface area contributed by atoms with Crippen LogP contribution in [-0.2, 0) is 32.7 Å². The number of likely N-dealkylation sites (N-methyl/N-ethyl adjacent to an activating group) is 1. The molecule has 0 aromatic rings. The highest BCUT2D eigenvalue weighted by Crippen LogP contribution is 2.38. The maximum absolute atomic E-state index is 12.6. The van der Waals surface area contributed by atoms with E-state index in [4.69, 9.17) is 18.5 Å². The molecule has 1 unspecified atom stereocenters. The first-order chi connectivity index (χ1) is 24.5. The van der Waals surface area contributed by atoms with Crippen molar-refractivity contribution >= 4 is 19.8 Å². The Hall–Kier alpha value is -2.03. The van der Waals surface area contributed by atoms with Crippen molar-refractivity contribution in [2.75, 3.05) is 47.5 Å². The second-order valence-corrected chi connectivity index (χ2v) is 15.8. The predicted octanol–water partition coefficient (Wildman–Crippen LogP) is 10.1. The molecule has 0 aliphatic carbocycles. The van der Waals surface area contributed by atoms with Gasteiger partial charge in [-0.25, -0.2) is 0 Å². The van der Waals surface area contributed by atoms with Crippen molar-refractivity contribution in [1.29, 1.82) is 0 Å². The van der Waals surface area contributed by atoms with E-state index in [0.717, 1.165) is 57.8 Å². The van der Waals surface area contributed by atoms with Gasteiger partial charge >= 0.3 is 11.9 Å². The van der Waals surface area contributed by atoms with E-state index in [1.54, 1.807) is 0 Å². The van der Waals surface area contributed by atoms with Crippen molar-refractivity contribution in [3.63, 3.8) is 0 Å². The van der Waals surface area contributed by atoms with Gasteiger partial charge in [0.1, 0.15) is 19.8 Å². The van der Waals surface area contributed by atoms with Crippen LogP contribution in [0.4, 0.5) is 0 Å². The fraction of sp³-hybridized carbons (Fsp3) is 0.756. The molecule has 0 aromatic heterocycles. The van der Waals surface area contributed by atoms with Gasteiger partial charge in [-0.1, -0.05) is 152 Å². The lowest BCUT2D eigenvalue weighted by molar-refractivity contribution is -0.870. The standard InChI is InChI=1S/C41H74NO8P/c1-6-8-10-12-14-16-18-20-21-22-24-25-27-29-31-33-40(43)47-37-39(38-49-51(45,46)48-36-35-42(3,4)5)50-41(44)34-32-30-28-26-23-19-17-15-13-11-9-7-2/h8,10,12,14,16,18,20-21,39H,6-7,9,11,13,15,17,19,22-38H2,1-5H3/b10-8+,14-12+,18-16+,21-20+/t39-/m1/s1. The maximum atomic E-state index is 12.6. The number of carbonyl (C=O) groups excluding carboxylic acids is 2. The van der Waals surface area contributed by atoms with Gasteiger partial charge in [0.2, 0.25) is 0 Å². The molecule has 0 bridgehead atoms. The van der Waals surface area contributed by atoms with Crippen LogP contribution in [0, 0.1) is 0 Å². The first kappa shape index (κ1) is 49.0. The third-order valence-corrected chi connectivity index (χ3v) is 9.17. The highest BCUT2D eigenvalue weighted by atomic mass is 31.2. The average molecular weight is 740 g/mol. The molecule has 0 amide bonds. The van der Waals surface area contributed by atoms with Gasteiger partial charge in [-0.15, -0.1) is 0 Å². The van der Waals surface area contributed by atoms with Crippen LogP contribution < -0.4 is 4.89 Å². The molecule has 0 saturated heterocycles. The van der Waals surface area contributed by atoms with E-state index >= 15 is 0 Å². The van der Waals surface area contributed by atoms with Crippen molar-refractivity contribution in [1.82, 2.24) is 0 Å². The summed E-state index contributed by atoms with van der Waals surface area (Å²) in [6.07, 6.45) is 37.0. The van der Waals surface area contributed by atoms with Gasteiger partial charge in [0.05, 0.1) is 27.7 Å². The van der Waals surface area contributed by atoms with Crippen LogP contribution in [0.3, 0.4) is 0 Å². The summed E-state index contributed by atoms with van der Waals surface area (Å²) in [6, 6.07) is 0. The van der Waals surface area contributed by atoms with Gasteiger partial charge in [0.25, 0.3) is 7.82 Å². The quantitative estimate of drug-likeness (QED) is 0.0208. The number of rotatable bonds is 35. The monoisotopic (exact) mass is 740 g/mol. The Labute approximate surface area is 312 Å². The summed E-state index contributed by atoms with van der Waals surface area (Å²) in [5.41, 5.74) is 0. The molecule has 9 nitrogen and oxygen atoms in total. The van der Waals surface area contributed by atoms with Gasteiger partial charge in [0.15, 0.2) is 6.10 Å². The zero-order valence-corrected chi connectivity index (χ0v) is 33.9. The Kier molecular flexibility index (Phi) is 32.4. The van der Waals surface area contributed by atoms with E-state index in [2.05, 4.69) is 32.1 Å². The Balaban J connectivity index is 4.46. The molecule has 0 spiro atoms. The van der Waals surface area contributed by atoms with Crippen molar-refractivity contribution in [3.05, 3.63) is 48.6 Å². The van der Waals surface area contributed by atoms with Crippen molar-refractivity contribution < 1.29 is 42.1 Å². The highest BCUT2D eigenvalue weighted by molar-refractivity contribution is 7.45. The molecule has 0 radical (unpaired) electrons. The smallest absolute Gasteiger partial charge is 0.306 e. The lowest BCUT2D eigenvalue weighted by atomic mass is 10.0. The lowest BCUT2D eigenvalue weighted by Crippen LogP contribution is -2.37. The Morgan fingerprint density at radius 1 is 0.627 bits per heavy atom. The minimum Gasteiger partial charge on any atom is -0.756 e. The number of hydrogen-bond donors (Lipinski definition) is 0. The topological polar surface area (TPSA) is 111 Å². The van der Waals surface area contributed by atoms with Crippen LogP contribution in [0.5, 0.6) is 0 Å². The largest absolute Gasteiger partial charge is 0.756 e. The molecular formula is C41H74NO8P. The first-order valence-electron chi connectivity index (χ1n) is 19.9. The van der Waals surface area contributed by atoms with E-state index in [-0.39, 0.29) is 26.1 Å². The zero-order chi connectivity index (χ0) is 37.9. The summed E-state index contributed by atoms with van der Waals surface area (Å²) < 4.78 is 33.8. The van der Waals surface area contributed by atoms with Crippen LogP contribution in [-0.4, -0.2) is 70.0 Å². The number of phosphoric acid groups is 1. The molecule has 296 valence electrons. The Morgan fingerprint density at radius 2 is 1.12 bits per heavy atom. The zero-order valence-electron chi connectivity index (χ0n) is 33.0. The van der Waals surface area contributed by atoms with Crippen molar-refractivity contribution in [2.24, 2.45) is 0 Å². The highest BCUT2D eigenvalue weighted by Gasteiger charge is 2.21. The van der Waals surface area contributed by atoms with Crippen LogP contribution in [0.1, 0.15) is 149 Å². The Morgan fingerprint density at radius 3 is 1.67 bits per heavy atom. The number of esters is 2. The summed E-state index contributed by atoms with van der Waals surface area (Å²) in [5.74, 6) is -0.864. The second-order valence-electron chi connectivity index (χ2n) is 14.4. The van der Waals surface area contributed by atoms with Gasteiger partial charge in [-0.2, -0.15) is 0 Å². The van der Waals surface area contributed by atoms with Crippen molar-refractivity contribution in [2.45, 2.75) is 155 Å². The molecule has 0 rings (SSSR count). The number of unbranched alkanes of at least 4 members (excludes halogenated alkanes) is 16. The number of hydrogen-bond acceptors (Lipinski definition) is 8. The molecule has 0 heterocycles. The molecule has 0 aliphatic rings. The van der Waals surface area contributed by atoms with Crippen LogP contribution >= 0.6 is 7.82 Å². The number of nitrogens with zero attached hydrogens (tertiary/aromatic N) is 1. The molecule has 2 atom stereocenters. The van der Waals surface area contributed by atoms with Gasteiger partial charge < -0.3 is 27.9 Å². The third-order valence-electron chi connectivity index (χ3n) is 8.21. The minimum absolute atomic E-state index is 0.0358. The molecule has 0 N–H and O–H groups in total.